The van der Waals surface area contributed by atoms with Crippen molar-refractivity contribution in [3.05, 3.63) is 6.42 Å². The average Bonchev–Trinajstić information content (AvgIpc) is 1.59. The zero-order valence-corrected chi connectivity index (χ0v) is 6.98. The maximum atomic E-state index is 10.3. The molecule has 0 aromatic rings. The lowest BCUT2D eigenvalue weighted by Crippen LogP contribution is -2.12. The summed E-state index contributed by atoms with van der Waals surface area (Å²) in [5, 5.41) is 0. The normalized spacial score (nSPS) is 11.5. The van der Waals surface area contributed by atoms with E-state index in [1.807, 2.05) is 0 Å². The molecule has 1 amide bonds. The molecule has 0 heterocycles. The lowest BCUT2D eigenvalue weighted by Gasteiger charge is -2.16. The first-order valence-electron chi connectivity index (χ1n) is 3.54. The Morgan fingerprint density at radius 1 is 1.50 bits per heavy atom. The molecule has 0 saturated heterocycles. The molecule has 0 rings (SSSR count). The Kier molecular flexibility index (Phi) is 3.40. The summed E-state index contributed by atoms with van der Waals surface area (Å²) in [6, 6.07) is 0. The van der Waals surface area contributed by atoms with Crippen molar-refractivity contribution in [2.24, 2.45) is 11.1 Å². The van der Waals surface area contributed by atoms with Gasteiger partial charge in [0, 0.05) is 6.42 Å². The minimum absolute atomic E-state index is 0.204. The summed E-state index contributed by atoms with van der Waals surface area (Å²) in [6.07, 6.45) is 3.37. The Bertz CT molecular complexity index is 113. The van der Waals surface area contributed by atoms with E-state index in [9.17, 15) is 4.79 Å². The molecule has 0 aliphatic rings. The summed E-state index contributed by atoms with van der Waals surface area (Å²) in [5.74, 6) is -0.222. The molecule has 0 unspecified atom stereocenters. The van der Waals surface area contributed by atoms with Gasteiger partial charge in [0.05, 0.1) is 0 Å². The van der Waals surface area contributed by atoms with Crippen LogP contribution < -0.4 is 5.73 Å². The second-order valence-electron chi connectivity index (χ2n) is 3.58. The Morgan fingerprint density at radius 3 is 2.30 bits per heavy atom. The smallest absolute Gasteiger partial charge is 0.217 e. The number of hydrogen-bond donors (Lipinski definition) is 1. The number of carbonyl (C=O) groups excluding carboxylic acids is 1. The average molecular weight is 142 g/mol. The third-order valence-electron chi connectivity index (χ3n) is 1.15. The van der Waals surface area contributed by atoms with Crippen LogP contribution in [-0.2, 0) is 4.79 Å². The molecule has 0 aliphatic heterocycles. The molecule has 0 aromatic carbocycles. The van der Waals surface area contributed by atoms with Crippen LogP contribution >= 0.6 is 0 Å². The lowest BCUT2D eigenvalue weighted by atomic mass is 9.90. The molecule has 2 N–H and O–H groups in total. The van der Waals surface area contributed by atoms with E-state index in [1.54, 1.807) is 0 Å². The van der Waals surface area contributed by atoms with Gasteiger partial charge in [-0.1, -0.05) is 20.8 Å². The molecule has 0 bridgehead atoms. The summed E-state index contributed by atoms with van der Waals surface area (Å²) in [5.41, 5.74) is 5.17. The molecule has 1 radical (unpaired) electrons. The van der Waals surface area contributed by atoms with E-state index in [4.69, 9.17) is 5.73 Å². The summed E-state index contributed by atoms with van der Waals surface area (Å²) in [7, 11) is 0. The summed E-state index contributed by atoms with van der Waals surface area (Å²) in [4.78, 5) is 10.3. The third-order valence-corrected chi connectivity index (χ3v) is 1.15. The van der Waals surface area contributed by atoms with Crippen molar-refractivity contribution < 1.29 is 4.79 Å². The van der Waals surface area contributed by atoms with Crippen molar-refractivity contribution in [3.63, 3.8) is 0 Å². The largest absolute Gasteiger partial charge is 0.370 e. The highest BCUT2D eigenvalue weighted by Gasteiger charge is 2.09. The molecular formula is C8H16NO. The van der Waals surface area contributed by atoms with Crippen molar-refractivity contribution in [2.75, 3.05) is 0 Å². The van der Waals surface area contributed by atoms with Crippen LogP contribution in [0, 0.1) is 11.8 Å². The Labute approximate surface area is 62.8 Å². The molecule has 10 heavy (non-hydrogen) atoms. The van der Waals surface area contributed by atoms with Gasteiger partial charge < -0.3 is 5.73 Å². The zero-order valence-electron chi connectivity index (χ0n) is 6.98. The van der Waals surface area contributed by atoms with Crippen molar-refractivity contribution in [2.45, 2.75) is 33.6 Å². The number of rotatable bonds is 3. The van der Waals surface area contributed by atoms with Crippen LogP contribution in [-0.4, -0.2) is 5.91 Å². The highest BCUT2D eigenvalue weighted by Crippen LogP contribution is 2.19. The molecule has 2 nitrogen and oxygen atoms in total. The van der Waals surface area contributed by atoms with E-state index < -0.39 is 0 Å². The van der Waals surface area contributed by atoms with E-state index in [2.05, 4.69) is 27.2 Å². The summed E-state index contributed by atoms with van der Waals surface area (Å²) in [6.45, 7) is 6.32. The molecule has 0 spiro atoms. The summed E-state index contributed by atoms with van der Waals surface area (Å²) >= 11 is 0. The molecule has 0 fully saturated rings. The highest BCUT2D eigenvalue weighted by molar-refractivity contribution is 5.73. The first kappa shape index (κ1) is 9.47. The van der Waals surface area contributed by atoms with Gasteiger partial charge in [-0.3, -0.25) is 4.79 Å². The van der Waals surface area contributed by atoms with Gasteiger partial charge in [0.25, 0.3) is 0 Å². The van der Waals surface area contributed by atoms with E-state index >= 15 is 0 Å². The van der Waals surface area contributed by atoms with Gasteiger partial charge in [-0.2, -0.15) is 0 Å². The molecule has 0 aromatic heterocycles. The van der Waals surface area contributed by atoms with Crippen LogP contribution in [0.2, 0.25) is 0 Å². The van der Waals surface area contributed by atoms with Gasteiger partial charge in [0.2, 0.25) is 5.91 Å². The molecule has 0 saturated carbocycles. The molecule has 2 heteroatoms. The van der Waals surface area contributed by atoms with Crippen molar-refractivity contribution in [3.8, 4) is 0 Å². The molecule has 0 atom stereocenters. The number of carbonyl (C=O) groups is 1. The van der Waals surface area contributed by atoms with Gasteiger partial charge in [-0.15, -0.1) is 0 Å². The Hall–Kier alpha value is -0.530. The molecular weight excluding hydrogens is 126 g/mol. The molecule has 0 aliphatic carbocycles. The monoisotopic (exact) mass is 142 g/mol. The van der Waals surface area contributed by atoms with Gasteiger partial charge >= 0.3 is 0 Å². The first-order valence-corrected chi connectivity index (χ1v) is 3.54. The van der Waals surface area contributed by atoms with Crippen molar-refractivity contribution in [1.82, 2.24) is 0 Å². The standard InChI is InChI=1S/C8H16NO/c1-8(2,3)6-4-5-7(9)10/h6H,4-5H2,1-3H3,(H2,9,10). The predicted molar refractivity (Wildman–Crippen MR) is 42.2 cm³/mol. The van der Waals surface area contributed by atoms with E-state index in [0.29, 0.717) is 6.42 Å². The number of hydrogen-bond acceptors (Lipinski definition) is 1. The Morgan fingerprint density at radius 2 is 2.00 bits per heavy atom. The van der Waals surface area contributed by atoms with Crippen LogP contribution in [0.25, 0.3) is 0 Å². The van der Waals surface area contributed by atoms with Crippen LogP contribution in [0.5, 0.6) is 0 Å². The van der Waals surface area contributed by atoms with E-state index in [-0.39, 0.29) is 11.3 Å². The van der Waals surface area contributed by atoms with Gasteiger partial charge in [-0.05, 0) is 18.3 Å². The SMILES string of the molecule is CC(C)(C)[CH]CCC(N)=O. The highest BCUT2D eigenvalue weighted by atomic mass is 16.1. The number of amides is 1. The van der Waals surface area contributed by atoms with Crippen molar-refractivity contribution >= 4 is 5.91 Å². The van der Waals surface area contributed by atoms with E-state index in [1.165, 1.54) is 0 Å². The maximum absolute atomic E-state index is 10.3. The zero-order chi connectivity index (χ0) is 8.20. The van der Waals surface area contributed by atoms with E-state index in [0.717, 1.165) is 6.42 Å². The van der Waals surface area contributed by atoms with Gasteiger partial charge in [0.15, 0.2) is 0 Å². The second-order valence-corrected chi connectivity index (χ2v) is 3.58. The molecule has 59 valence electrons. The second kappa shape index (κ2) is 3.59. The fourth-order valence-electron chi connectivity index (χ4n) is 0.647. The quantitative estimate of drug-likeness (QED) is 0.637. The van der Waals surface area contributed by atoms with Crippen molar-refractivity contribution in [1.29, 1.82) is 0 Å². The third kappa shape index (κ3) is 7.47. The topological polar surface area (TPSA) is 43.1 Å². The number of primary amides is 1. The minimum atomic E-state index is -0.222. The number of nitrogens with two attached hydrogens (primary N) is 1. The maximum Gasteiger partial charge on any atom is 0.217 e. The Balaban J connectivity index is 3.29. The lowest BCUT2D eigenvalue weighted by molar-refractivity contribution is -0.118. The predicted octanol–water partition coefficient (Wildman–Crippen LogP) is 1.50. The van der Waals surface area contributed by atoms with Gasteiger partial charge in [0.1, 0.15) is 0 Å². The van der Waals surface area contributed by atoms with Gasteiger partial charge in [-0.25, -0.2) is 0 Å². The van der Waals surface area contributed by atoms with Crippen LogP contribution in [0.4, 0.5) is 0 Å². The van der Waals surface area contributed by atoms with Crippen LogP contribution in [0.3, 0.4) is 0 Å². The van der Waals surface area contributed by atoms with Crippen LogP contribution in [0.1, 0.15) is 33.6 Å². The fourth-order valence-corrected chi connectivity index (χ4v) is 0.647. The summed E-state index contributed by atoms with van der Waals surface area (Å²) < 4.78 is 0. The first-order chi connectivity index (χ1) is 4.42. The van der Waals surface area contributed by atoms with Crippen LogP contribution in [0.15, 0.2) is 0 Å². The minimum Gasteiger partial charge on any atom is -0.370 e. The fraction of sp³-hybridized carbons (Fsp3) is 0.750.